The van der Waals surface area contributed by atoms with E-state index in [0.29, 0.717) is 24.0 Å². The van der Waals surface area contributed by atoms with Gasteiger partial charge in [-0.2, -0.15) is 0 Å². The molecule has 0 aliphatic rings. The summed E-state index contributed by atoms with van der Waals surface area (Å²) in [5.41, 5.74) is 0.638. The Kier molecular flexibility index (Phi) is 5.94. The molecule has 3 nitrogen and oxygen atoms in total. The molecule has 0 atom stereocenters. The summed E-state index contributed by atoms with van der Waals surface area (Å²) in [6, 6.07) is 4.92. The molecule has 5 heteroatoms. The topological polar surface area (TPSA) is 41.1 Å². The summed E-state index contributed by atoms with van der Waals surface area (Å²) in [4.78, 5) is 11.6. The fourth-order valence-electron chi connectivity index (χ4n) is 1.59. The first-order chi connectivity index (χ1) is 8.79. The number of carbonyl (C=O) groups is 1. The zero-order valence-corrected chi connectivity index (χ0v) is 13.1. The van der Waals surface area contributed by atoms with Crippen molar-refractivity contribution in [3.8, 4) is 0 Å². The van der Waals surface area contributed by atoms with Crippen LogP contribution >= 0.6 is 15.9 Å². The van der Waals surface area contributed by atoms with Gasteiger partial charge in [-0.3, -0.25) is 4.79 Å². The van der Waals surface area contributed by atoms with Gasteiger partial charge in [0.1, 0.15) is 5.82 Å². The van der Waals surface area contributed by atoms with Crippen LogP contribution in [-0.4, -0.2) is 18.0 Å². The van der Waals surface area contributed by atoms with E-state index in [1.165, 1.54) is 6.07 Å². The Morgan fingerprint density at radius 3 is 2.68 bits per heavy atom. The van der Waals surface area contributed by atoms with Crippen molar-refractivity contribution in [2.75, 3.05) is 6.54 Å². The highest BCUT2D eigenvalue weighted by molar-refractivity contribution is 9.10. The van der Waals surface area contributed by atoms with Gasteiger partial charge in [-0.15, -0.1) is 0 Å². The van der Waals surface area contributed by atoms with Crippen molar-refractivity contribution in [1.82, 2.24) is 10.6 Å². The highest BCUT2D eigenvalue weighted by Gasteiger charge is 2.13. The summed E-state index contributed by atoms with van der Waals surface area (Å²) in [6.07, 6.45) is 0.407. The Morgan fingerprint density at radius 2 is 2.05 bits per heavy atom. The number of nitrogens with one attached hydrogen (secondary N) is 2. The second-order valence-electron chi connectivity index (χ2n) is 5.44. The molecule has 0 aliphatic carbocycles. The molecule has 0 saturated carbocycles. The Balaban J connectivity index is 2.32. The van der Waals surface area contributed by atoms with Gasteiger partial charge in [0.15, 0.2) is 0 Å². The van der Waals surface area contributed by atoms with Gasteiger partial charge in [0.05, 0.1) is 4.47 Å². The SMILES string of the molecule is CC(C)(C)NC(=O)CCNCc1cccc(F)c1Br. The van der Waals surface area contributed by atoms with Gasteiger partial charge in [-0.1, -0.05) is 12.1 Å². The van der Waals surface area contributed by atoms with Crippen LogP contribution in [0, 0.1) is 5.82 Å². The van der Waals surface area contributed by atoms with E-state index in [1.807, 2.05) is 26.8 Å². The van der Waals surface area contributed by atoms with Crippen LogP contribution in [0.2, 0.25) is 0 Å². The van der Waals surface area contributed by atoms with Gasteiger partial charge in [-0.25, -0.2) is 4.39 Å². The van der Waals surface area contributed by atoms with Crippen LogP contribution in [0.4, 0.5) is 4.39 Å². The van der Waals surface area contributed by atoms with Gasteiger partial charge in [0.25, 0.3) is 0 Å². The van der Waals surface area contributed by atoms with Crippen molar-refractivity contribution >= 4 is 21.8 Å². The molecule has 1 aromatic rings. The Bertz CT molecular complexity index is 444. The maximum atomic E-state index is 13.3. The molecule has 2 N–H and O–H groups in total. The van der Waals surface area contributed by atoms with Crippen LogP contribution in [-0.2, 0) is 11.3 Å². The van der Waals surface area contributed by atoms with E-state index in [1.54, 1.807) is 6.07 Å². The van der Waals surface area contributed by atoms with Crippen molar-refractivity contribution < 1.29 is 9.18 Å². The number of carbonyl (C=O) groups excluding carboxylic acids is 1. The molecule has 19 heavy (non-hydrogen) atoms. The van der Waals surface area contributed by atoms with Crippen LogP contribution < -0.4 is 10.6 Å². The van der Waals surface area contributed by atoms with Crippen molar-refractivity contribution in [1.29, 1.82) is 0 Å². The predicted octanol–water partition coefficient (Wildman–Crippen LogP) is 2.98. The smallest absolute Gasteiger partial charge is 0.221 e. The molecule has 0 heterocycles. The van der Waals surface area contributed by atoms with Crippen molar-refractivity contribution in [3.05, 3.63) is 34.1 Å². The second-order valence-corrected chi connectivity index (χ2v) is 6.23. The van der Waals surface area contributed by atoms with Gasteiger partial charge < -0.3 is 10.6 Å². The van der Waals surface area contributed by atoms with Gasteiger partial charge in [0, 0.05) is 25.0 Å². The molecular weight excluding hydrogens is 311 g/mol. The summed E-state index contributed by atoms with van der Waals surface area (Å²) in [5, 5.41) is 6.02. The molecule has 0 unspecified atom stereocenters. The summed E-state index contributed by atoms with van der Waals surface area (Å²) in [5.74, 6) is -0.261. The minimum atomic E-state index is -0.273. The lowest BCUT2D eigenvalue weighted by Crippen LogP contribution is -2.41. The van der Waals surface area contributed by atoms with Crippen LogP contribution in [0.5, 0.6) is 0 Å². The summed E-state index contributed by atoms with van der Waals surface area (Å²) in [7, 11) is 0. The molecule has 1 amide bonds. The molecule has 1 aromatic carbocycles. The van der Waals surface area contributed by atoms with Crippen LogP contribution in [0.25, 0.3) is 0 Å². The van der Waals surface area contributed by atoms with Gasteiger partial charge in [-0.05, 0) is 48.3 Å². The lowest BCUT2D eigenvalue weighted by atomic mass is 10.1. The largest absolute Gasteiger partial charge is 0.351 e. The predicted molar refractivity (Wildman–Crippen MR) is 78.3 cm³/mol. The summed E-state index contributed by atoms with van der Waals surface area (Å²) in [6.45, 7) is 6.93. The number of amides is 1. The first-order valence-corrected chi connectivity index (χ1v) is 7.03. The molecule has 0 spiro atoms. The van der Waals surface area contributed by atoms with E-state index in [0.717, 1.165) is 5.56 Å². The summed E-state index contributed by atoms with van der Waals surface area (Å²) < 4.78 is 13.7. The van der Waals surface area contributed by atoms with Crippen molar-refractivity contribution in [3.63, 3.8) is 0 Å². The molecule has 1 rings (SSSR count). The zero-order valence-electron chi connectivity index (χ0n) is 11.5. The minimum absolute atomic E-state index is 0.0123. The molecule has 0 saturated heterocycles. The molecule has 0 radical (unpaired) electrons. The lowest BCUT2D eigenvalue weighted by molar-refractivity contribution is -0.122. The van der Waals surface area contributed by atoms with E-state index in [-0.39, 0.29) is 17.3 Å². The third kappa shape index (κ3) is 6.16. The third-order valence-corrected chi connectivity index (χ3v) is 3.28. The number of benzene rings is 1. The first kappa shape index (κ1) is 16.1. The molecular formula is C14H20BrFN2O. The van der Waals surface area contributed by atoms with Crippen LogP contribution in [0.3, 0.4) is 0 Å². The maximum Gasteiger partial charge on any atom is 0.221 e. The van der Waals surface area contributed by atoms with E-state index >= 15 is 0 Å². The number of hydrogen-bond acceptors (Lipinski definition) is 2. The second kappa shape index (κ2) is 7.01. The third-order valence-electron chi connectivity index (χ3n) is 2.39. The molecule has 0 aliphatic heterocycles. The lowest BCUT2D eigenvalue weighted by Gasteiger charge is -2.20. The molecule has 0 fully saturated rings. The van der Waals surface area contributed by atoms with Crippen molar-refractivity contribution in [2.24, 2.45) is 0 Å². The molecule has 0 aromatic heterocycles. The quantitative estimate of drug-likeness (QED) is 0.815. The number of rotatable bonds is 5. The first-order valence-electron chi connectivity index (χ1n) is 6.24. The fraction of sp³-hybridized carbons (Fsp3) is 0.500. The standard InChI is InChI=1S/C14H20BrFN2O/c1-14(2,3)18-12(19)7-8-17-9-10-5-4-6-11(16)13(10)15/h4-6,17H,7-9H2,1-3H3,(H,18,19). The normalized spacial score (nSPS) is 11.4. The Morgan fingerprint density at radius 1 is 1.37 bits per heavy atom. The van der Waals surface area contributed by atoms with Gasteiger partial charge in [0.2, 0.25) is 5.91 Å². The Hall–Kier alpha value is -0.940. The van der Waals surface area contributed by atoms with E-state index in [2.05, 4.69) is 26.6 Å². The van der Waals surface area contributed by atoms with E-state index in [4.69, 9.17) is 0 Å². The van der Waals surface area contributed by atoms with Crippen LogP contribution in [0.15, 0.2) is 22.7 Å². The average Bonchev–Trinajstić information content (AvgIpc) is 2.27. The highest BCUT2D eigenvalue weighted by Crippen LogP contribution is 2.19. The van der Waals surface area contributed by atoms with Crippen molar-refractivity contribution in [2.45, 2.75) is 39.3 Å². The fourth-order valence-corrected chi connectivity index (χ4v) is 2.00. The minimum Gasteiger partial charge on any atom is -0.351 e. The van der Waals surface area contributed by atoms with E-state index < -0.39 is 0 Å². The molecule has 0 bridgehead atoms. The monoisotopic (exact) mass is 330 g/mol. The number of halogens is 2. The summed E-state index contributed by atoms with van der Waals surface area (Å²) >= 11 is 3.21. The zero-order chi connectivity index (χ0) is 14.5. The number of hydrogen-bond donors (Lipinski definition) is 2. The highest BCUT2D eigenvalue weighted by atomic mass is 79.9. The van der Waals surface area contributed by atoms with Gasteiger partial charge >= 0.3 is 0 Å². The average molecular weight is 331 g/mol. The van der Waals surface area contributed by atoms with Crippen LogP contribution in [0.1, 0.15) is 32.8 Å². The van der Waals surface area contributed by atoms with E-state index in [9.17, 15) is 9.18 Å². The Labute approximate surface area is 122 Å². The molecule has 106 valence electrons. The maximum absolute atomic E-state index is 13.3.